The van der Waals surface area contributed by atoms with E-state index in [4.69, 9.17) is 23.7 Å². The molecule has 0 aromatic rings. The van der Waals surface area contributed by atoms with Gasteiger partial charge in [0, 0.05) is 26.1 Å². The van der Waals surface area contributed by atoms with Crippen LogP contribution < -0.4 is 0 Å². The van der Waals surface area contributed by atoms with Gasteiger partial charge >= 0.3 is 5.97 Å². The first-order chi connectivity index (χ1) is 14.5. The van der Waals surface area contributed by atoms with Crippen molar-refractivity contribution in [1.82, 2.24) is 0 Å². The maximum Gasteiger partial charge on any atom is 0.316 e. The van der Waals surface area contributed by atoms with Gasteiger partial charge in [-0.1, -0.05) is 13.8 Å². The number of rotatable bonds is 12. The Morgan fingerprint density at radius 1 is 0.968 bits per heavy atom. The molecule has 0 N–H and O–H groups in total. The van der Waals surface area contributed by atoms with Crippen LogP contribution in [0.4, 0.5) is 0 Å². The molecule has 4 aliphatic rings. The fourth-order valence-corrected chi connectivity index (χ4v) is 8.50. The summed E-state index contributed by atoms with van der Waals surface area (Å²) in [4.78, 5) is 13.4. The van der Waals surface area contributed by atoms with Gasteiger partial charge in [-0.2, -0.15) is 0 Å². The van der Waals surface area contributed by atoms with E-state index in [9.17, 15) is 4.79 Å². The lowest BCUT2D eigenvalue weighted by Gasteiger charge is -2.96. The Hall–Kier alpha value is -0.260. The average Bonchev–Trinajstić information content (AvgIpc) is 2.63. The molecule has 4 aliphatic carbocycles. The molecule has 0 bridgehead atoms. The molecule has 9 unspecified atom stereocenters. The molecule has 4 fully saturated rings. The molecular weight excluding hydrogens is 415 g/mol. The molecular formula is C24H41O6P. The topological polar surface area (TPSA) is 63.2 Å². The third-order valence-corrected chi connectivity index (χ3v) is 10.9. The minimum atomic E-state index is -0.473. The summed E-state index contributed by atoms with van der Waals surface area (Å²) in [6.07, 6.45) is 2.92. The minimum absolute atomic E-state index is 0.0619. The van der Waals surface area contributed by atoms with Gasteiger partial charge in [-0.25, -0.2) is 0 Å². The van der Waals surface area contributed by atoms with Crippen LogP contribution in [-0.2, 0) is 28.5 Å². The largest absolute Gasteiger partial charge is 0.457 e. The molecule has 0 radical (unpaired) electrons. The highest BCUT2D eigenvalue weighted by Crippen LogP contribution is 2.94. The molecule has 31 heavy (non-hydrogen) atoms. The minimum Gasteiger partial charge on any atom is -0.457 e. The highest BCUT2D eigenvalue weighted by atomic mass is 31.1. The van der Waals surface area contributed by atoms with E-state index in [1.807, 2.05) is 34.6 Å². The smallest absolute Gasteiger partial charge is 0.316 e. The van der Waals surface area contributed by atoms with Crippen LogP contribution in [0.1, 0.15) is 74.1 Å². The van der Waals surface area contributed by atoms with Gasteiger partial charge in [0.2, 0.25) is 0 Å². The summed E-state index contributed by atoms with van der Waals surface area (Å²) >= 11 is 0. The molecule has 1 spiro atoms. The van der Waals surface area contributed by atoms with Crippen molar-refractivity contribution in [2.45, 2.75) is 109 Å². The molecule has 0 saturated heterocycles. The Kier molecular flexibility index (Phi) is 5.88. The van der Waals surface area contributed by atoms with E-state index in [1.54, 1.807) is 0 Å². The number of hydrogen-bond acceptors (Lipinski definition) is 6. The highest BCUT2D eigenvalue weighted by molar-refractivity contribution is 7.40. The van der Waals surface area contributed by atoms with Crippen molar-refractivity contribution >= 4 is 14.6 Å². The second-order valence-corrected chi connectivity index (χ2v) is 12.1. The van der Waals surface area contributed by atoms with Crippen molar-refractivity contribution in [1.29, 1.82) is 0 Å². The van der Waals surface area contributed by atoms with Crippen molar-refractivity contribution in [3.8, 4) is 0 Å². The normalized spacial score (nSPS) is 43.6. The third-order valence-electron chi connectivity index (χ3n) is 9.03. The fraction of sp³-hybridized carbons (Fsp3) is 0.958. The Morgan fingerprint density at radius 2 is 1.48 bits per heavy atom. The summed E-state index contributed by atoms with van der Waals surface area (Å²) < 4.78 is 31.0. The van der Waals surface area contributed by atoms with Crippen LogP contribution in [0.3, 0.4) is 0 Å². The van der Waals surface area contributed by atoms with Crippen LogP contribution in [0, 0.1) is 17.3 Å². The predicted molar refractivity (Wildman–Crippen MR) is 121 cm³/mol. The van der Waals surface area contributed by atoms with E-state index in [0.29, 0.717) is 27.7 Å². The monoisotopic (exact) mass is 456 g/mol. The molecule has 0 amide bonds. The molecule has 7 heteroatoms. The molecule has 0 aromatic heterocycles. The fourth-order valence-electron chi connectivity index (χ4n) is 7.67. The average molecular weight is 457 g/mol. The first-order valence-electron chi connectivity index (χ1n) is 12.0. The lowest BCUT2D eigenvalue weighted by Crippen LogP contribution is -3.05. The first kappa shape index (κ1) is 23.9. The van der Waals surface area contributed by atoms with Crippen LogP contribution in [0.15, 0.2) is 0 Å². The van der Waals surface area contributed by atoms with E-state index >= 15 is 0 Å². The van der Waals surface area contributed by atoms with E-state index in [1.165, 1.54) is 0 Å². The number of carbonyl (C=O) groups is 1. The summed E-state index contributed by atoms with van der Waals surface area (Å²) in [6.45, 7) is 17.5. The SMILES string of the molecule is CCOC(C)OC12CC3CC4(OC(=O)C(C)(PC)C(C)C)CC(OC(C)OCC)(C1)C342. The van der Waals surface area contributed by atoms with Crippen LogP contribution in [0.25, 0.3) is 0 Å². The van der Waals surface area contributed by atoms with Crippen LogP contribution in [-0.4, -0.2) is 60.4 Å². The van der Waals surface area contributed by atoms with Crippen LogP contribution in [0.5, 0.6) is 0 Å². The number of esters is 1. The van der Waals surface area contributed by atoms with Gasteiger partial charge in [0.05, 0.1) is 21.8 Å². The molecule has 0 aliphatic heterocycles. The Bertz CT molecular complexity index is 709. The Morgan fingerprint density at radius 3 is 1.97 bits per heavy atom. The van der Waals surface area contributed by atoms with Crippen LogP contribution in [0.2, 0.25) is 0 Å². The van der Waals surface area contributed by atoms with E-state index < -0.39 is 10.8 Å². The summed E-state index contributed by atoms with van der Waals surface area (Å²) in [5.74, 6) is 0.641. The number of ether oxygens (including phenoxy) is 5. The Balaban J connectivity index is 1.60. The van der Waals surface area contributed by atoms with E-state index in [2.05, 4.69) is 20.5 Å². The van der Waals surface area contributed by atoms with Gasteiger partial charge in [0.15, 0.2) is 12.6 Å². The maximum atomic E-state index is 13.4. The summed E-state index contributed by atoms with van der Waals surface area (Å²) in [5.41, 5.74) is -1.37. The van der Waals surface area contributed by atoms with Gasteiger partial charge in [-0.3, -0.25) is 4.79 Å². The number of hydrogen-bond donors (Lipinski definition) is 0. The Labute approximate surface area is 189 Å². The second-order valence-electron chi connectivity index (χ2n) is 10.5. The lowest BCUT2D eigenvalue weighted by molar-refractivity contribution is -0.575. The van der Waals surface area contributed by atoms with Crippen molar-refractivity contribution in [3.05, 3.63) is 0 Å². The summed E-state index contributed by atoms with van der Waals surface area (Å²) in [5, 5.41) is -0.455. The lowest BCUT2D eigenvalue weighted by atomic mass is 9.12. The molecule has 178 valence electrons. The second kappa shape index (κ2) is 7.63. The molecule has 4 rings (SSSR count). The van der Waals surface area contributed by atoms with E-state index in [-0.39, 0.29) is 41.1 Å². The zero-order valence-electron chi connectivity index (χ0n) is 20.5. The van der Waals surface area contributed by atoms with Gasteiger partial charge in [0.1, 0.15) is 5.60 Å². The maximum absolute atomic E-state index is 13.4. The number of carbonyl (C=O) groups excluding carboxylic acids is 1. The molecule has 0 aromatic carbocycles. The van der Waals surface area contributed by atoms with Crippen molar-refractivity contribution in [2.75, 3.05) is 19.9 Å². The highest BCUT2D eigenvalue weighted by Gasteiger charge is 3.03. The van der Waals surface area contributed by atoms with Crippen LogP contribution >= 0.6 is 8.58 Å². The van der Waals surface area contributed by atoms with Gasteiger partial charge in [-0.15, -0.1) is 8.58 Å². The molecule has 0 heterocycles. The first-order valence-corrected chi connectivity index (χ1v) is 13.5. The summed E-state index contributed by atoms with van der Waals surface area (Å²) in [6, 6.07) is 0. The van der Waals surface area contributed by atoms with Crippen molar-refractivity contribution in [2.24, 2.45) is 17.3 Å². The molecule has 9 atom stereocenters. The summed E-state index contributed by atoms with van der Waals surface area (Å²) in [7, 11) is 0.496. The molecule has 4 saturated carbocycles. The van der Waals surface area contributed by atoms with Crippen molar-refractivity contribution in [3.63, 3.8) is 0 Å². The zero-order chi connectivity index (χ0) is 22.9. The van der Waals surface area contributed by atoms with Gasteiger partial charge in [-0.05, 0) is 66.0 Å². The van der Waals surface area contributed by atoms with Gasteiger partial charge in [0.25, 0.3) is 0 Å². The van der Waals surface area contributed by atoms with E-state index in [0.717, 1.165) is 25.7 Å². The standard InChI is InChI=1S/C24H41O6P/c1-9-26-16(5)28-21-11-18-12-22(30-19(25)20(7,31-8)15(3)4)14-23(13-21,24(18,21)22)29-17(6)27-10-2/h15-18,31H,9-14H2,1-8H3. The van der Waals surface area contributed by atoms with Crippen molar-refractivity contribution < 1.29 is 28.5 Å². The molecule has 6 nitrogen and oxygen atoms in total. The van der Waals surface area contributed by atoms with Gasteiger partial charge < -0.3 is 23.7 Å². The zero-order valence-corrected chi connectivity index (χ0v) is 21.5. The third kappa shape index (κ3) is 2.78. The quantitative estimate of drug-likeness (QED) is 0.245. The predicted octanol–water partition coefficient (Wildman–Crippen LogP) is 4.48.